The molecule has 0 amide bonds. The topological polar surface area (TPSA) is 35.2 Å². The van der Waals surface area contributed by atoms with Crippen LogP contribution < -0.4 is 10.5 Å². The lowest BCUT2D eigenvalue weighted by molar-refractivity contribution is 0.0844. The zero-order valence-corrected chi connectivity index (χ0v) is 10.3. The van der Waals surface area contributed by atoms with E-state index in [1.807, 2.05) is 0 Å². The smallest absolute Gasteiger partial charge is 0.123 e. The first kappa shape index (κ1) is 11.5. The molecule has 2 rings (SSSR count). The summed E-state index contributed by atoms with van der Waals surface area (Å²) in [5.74, 6) is 0.998. The van der Waals surface area contributed by atoms with Crippen molar-refractivity contribution in [1.29, 1.82) is 0 Å². The lowest BCUT2D eigenvalue weighted by Crippen LogP contribution is -2.41. The van der Waals surface area contributed by atoms with E-state index in [2.05, 4.69) is 32.0 Å². The fraction of sp³-hybridized carbons (Fsp3) is 0.571. The highest BCUT2D eigenvalue weighted by Gasteiger charge is 2.34. The van der Waals surface area contributed by atoms with Crippen LogP contribution in [0.3, 0.4) is 0 Å². The summed E-state index contributed by atoms with van der Waals surface area (Å²) in [6, 6.07) is 6.33. The Morgan fingerprint density at radius 3 is 2.50 bits per heavy atom. The Morgan fingerprint density at radius 1 is 1.25 bits per heavy atom. The highest BCUT2D eigenvalue weighted by Crippen LogP contribution is 2.34. The predicted molar refractivity (Wildman–Crippen MR) is 66.8 cm³/mol. The molecular weight excluding hydrogens is 198 g/mol. The maximum Gasteiger partial charge on any atom is 0.123 e. The molecule has 1 fully saturated rings. The van der Waals surface area contributed by atoms with Crippen molar-refractivity contribution >= 4 is 0 Å². The van der Waals surface area contributed by atoms with E-state index < -0.39 is 0 Å². The number of nitrogens with two attached hydrogens (primary N) is 1. The largest absolute Gasteiger partial charge is 0.486 e. The molecule has 0 unspecified atom stereocenters. The Bertz CT molecular complexity index is 367. The van der Waals surface area contributed by atoms with E-state index in [9.17, 15) is 0 Å². The molecule has 0 bridgehead atoms. The van der Waals surface area contributed by atoms with Gasteiger partial charge in [0.2, 0.25) is 0 Å². The summed E-state index contributed by atoms with van der Waals surface area (Å²) in [5, 5.41) is 0. The average Bonchev–Trinajstić information content (AvgIpc) is 2.72. The standard InChI is InChI=1S/C14H21NO/c1-11-5-6-13(12(2)9-11)16-14(10-15)7-3-4-8-14/h5-6,9H,3-4,7-8,10,15H2,1-2H3. The fourth-order valence-corrected chi connectivity index (χ4v) is 2.51. The molecule has 1 aromatic carbocycles. The lowest BCUT2D eigenvalue weighted by atomic mass is 10.0. The molecule has 0 aromatic heterocycles. The highest BCUT2D eigenvalue weighted by molar-refractivity contribution is 5.36. The molecule has 1 saturated carbocycles. The van der Waals surface area contributed by atoms with Gasteiger partial charge in [0.1, 0.15) is 11.4 Å². The monoisotopic (exact) mass is 219 g/mol. The van der Waals surface area contributed by atoms with E-state index in [-0.39, 0.29) is 5.60 Å². The van der Waals surface area contributed by atoms with E-state index in [0.717, 1.165) is 18.6 Å². The van der Waals surface area contributed by atoms with E-state index in [1.54, 1.807) is 0 Å². The van der Waals surface area contributed by atoms with Crippen LogP contribution in [0.15, 0.2) is 18.2 Å². The highest BCUT2D eigenvalue weighted by atomic mass is 16.5. The third kappa shape index (κ3) is 2.22. The van der Waals surface area contributed by atoms with Crippen LogP contribution in [0, 0.1) is 13.8 Å². The summed E-state index contributed by atoms with van der Waals surface area (Å²) in [4.78, 5) is 0. The Morgan fingerprint density at radius 2 is 1.94 bits per heavy atom. The van der Waals surface area contributed by atoms with Crippen molar-refractivity contribution in [2.45, 2.75) is 45.1 Å². The third-order valence-electron chi connectivity index (χ3n) is 3.54. The minimum Gasteiger partial charge on any atom is -0.486 e. The van der Waals surface area contributed by atoms with Crippen molar-refractivity contribution in [3.05, 3.63) is 29.3 Å². The van der Waals surface area contributed by atoms with Crippen LogP contribution in [0.5, 0.6) is 5.75 Å². The van der Waals surface area contributed by atoms with Gasteiger partial charge in [0.15, 0.2) is 0 Å². The van der Waals surface area contributed by atoms with Crippen LogP contribution in [-0.4, -0.2) is 12.1 Å². The number of ether oxygens (including phenoxy) is 1. The van der Waals surface area contributed by atoms with Gasteiger partial charge in [-0.15, -0.1) is 0 Å². The molecule has 2 N–H and O–H groups in total. The zero-order valence-electron chi connectivity index (χ0n) is 10.3. The summed E-state index contributed by atoms with van der Waals surface area (Å²) in [6.45, 7) is 4.83. The van der Waals surface area contributed by atoms with Crippen molar-refractivity contribution < 1.29 is 4.74 Å². The maximum absolute atomic E-state index is 6.17. The summed E-state index contributed by atoms with van der Waals surface area (Å²) in [6.07, 6.45) is 4.66. The normalized spacial score (nSPS) is 18.7. The van der Waals surface area contributed by atoms with Gasteiger partial charge in [-0.25, -0.2) is 0 Å². The van der Waals surface area contributed by atoms with Gasteiger partial charge in [-0.05, 0) is 51.2 Å². The number of aryl methyl sites for hydroxylation is 2. The van der Waals surface area contributed by atoms with Gasteiger partial charge >= 0.3 is 0 Å². The Labute approximate surface area is 97.8 Å². The number of hydrogen-bond donors (Lipinski definition) is 1. The van der Waals surface area contributed by atoms with Gasteiger partial charge in [0.05, 0.1) is 0 Å². The predicted octanol–water partition coefficient (Wildman–Crippen LogP) is 2.95. The molecule has 0 saturated heterocycles. The minimum absolute atomic E-state index is 0.0972. The molecular formula is C14H21NO. The molecule has 2 nitrogen and oxygen atoms in total. The average molecular weight is 219 g/mol. The Kier molecular flexibility index (Phi) is 3.20. The van der Waals surface area contributed by atoms with E-state index >= 15 is 0 Å². The second-order valence-electron chi connectivity index (χ2n) is 4.97. The molecule has 0 radical (unpaired) electrons. The molecule has 1 aliphatic carbocycles. The van der Waals surface area contributed by atoms with Crippen LogP contribution in [-0.2, 0) is 0 Å². The summed E-state index contributed by atoms with van der Waals surface area (Å²) < 4.78 is 6.17. The van der Waals surface area contributed by atoms with Crippen LogP contribution in [0.1, 0.15) is 36.8 Å². The minimum atomic E-state index is -0.0972. The molecule has 1 aliphatic rings. The Hall–Kier alpha value is -1.02. The Balaban J connectivity index is 2.19. The molecule has 16 heavy (non-hydrogen) atoms. The SMILES string of the molecule is Cc1ccc(OC2(CN)CCCC2)c(C)c1. The molecule has 0 spiro atoms. The summed E-state index contributed by atoms with van der Waals surface area (Å²) >= 11 is 0. The second-order valence-corrected chi connectivity index (χ2v) is 4.97. The van der Waals surface area contributed by atoms with Crippen molar-refractivity contribution in [1.82, 2.24) is 0 Å². The number of rotatable bonds is 3. The van der Waals surface area contributed by atoms with Gasteiger partial charge in [-0.2, -0.15) is 0 Å². The first-order chi connectivity index (χ1) is 7.65. The van der Waals surface area contributed by atoms with Crippen molar-refractivity contribution in [3.8, 4) is 5.75 Å². The van der Waals surface area contributed by atoms with Gasteiger partial charge in [0, 0.05) is 6.54 Å². The first-order valence-electron chi connectivity index (χ1n) is 6.12. The summed E-state index contributed by atoms with van der Waals surface area (Å²) in [7, 11) is 0. The first-order valence-corrected chi connectivity index (χ1v) is 6.12. The second kappa shape index (κ2) is 4.46. The third-order valence-corrected chi connectivity index (χ3v) is 3.54. The molecule has 2 heteroatoms. The van der Waals surface area contributed by atoms with Crippen molar-refractivity contribution in [2.24, 2.45) is 5.73 Å². The van der Waals surface area contributed by atoms with Gasteiger partial charge in [-0.1, -0.05) is 17.7 Å². The van der Waals surface area contributed by atoms with Crippen LogP contribution >= 0.6 is 0 Å². The molecule has 88 valence electrons. The van der Waals surface area contributed by atoms with Gasteiger partial charge < -0.3 is 10.5 Å². The number of hydrogen-bond acceptors (Lipinski definition) is 2. The van der Waals surface area contributed by atoms with Crippen molar-refractivity contribution in [3.63, 3.8) is 0 Å². The van der Waals surface area contributed by atoms with Crippen LogP contribution in [0.25, 0.3) is 0 Å². The van der Waals surface area contributed by atoms with Gasteiger partial charge in [0.25, 0.3) is 0 Å². The molecule has 0 heterocycles. The van der Waals surface area contributed by atoms with E-state index in [0.29, 0.717) is 6.54 Å². The molecule has 0 aliphatic heterocycles. The van der Waals surface area contributed by atoms with Gasteiger partial charge in [-0.3, -0.25) is 0 Å². The van der Waals surface area contributed by atoms with Crippen molar-refractivity contribution in [2.75, 3.05) is 6.54 Å². The lowest BCUT2D eigenvalue weighted by Gasteiger charge is -2.29. The number of benzene rings is 1. The zero-order chi connectivity index (χ0) is 11.6. The molecule has 0 atom stereocenters. The summed E-state index contributed by atoms with van der Waals surface area (Å²) in [5.41, 5.74) is 8.26. The molecule has 1 aromatic rings. The van der Waals surface area contributed by atoms with Crippen LogP contribution in [0.4, 0.5) is 0 Å². The quantitative estimate of drug-likeness (QED) is 0.848. The fourth-order valence-electron chi connectivity index (χ4n) is 2.51. The van der Waals surface area contributed by atoms with Crippen LogP contribution in [0.2, 0.25) is 0 Å². The maximum atomic E-state index is 6.17. The van der Waals surface area contributed by atoms with E-state index in [4.69, 9.17) is 10.5 Å². The van der Waals surface area contributed by atoms with E-state index in [1.165, 1.54) is 24.0 Å².